The molecule has 3 rings (SSSR count). The zero-order valence-corrected chi connectivity index (χ0v) is 16.5. The van der Waals surface area contributed by atoms with Crippen molar-refractivity contribution in [3.05, 3.63) is 77.3 Å². The van der Waals surface area contributed by atoms with Crippen LogP contribution in [0, 0.1) is 18.3 Å². The van der Waals surface area contributed by atoms with E-state index in [1.165, 1.54) is 11.8 Å². The van der Waals surface area contributed by atoms with Crippen LogP contribution in [-0.2, 0) is 16.1 Å². The fourth-order valence-electron chi connectivity index (χ4n) is 3.05. The van der Waals surface area contributed by atoms with E-state index >= 15 is 0 Å². The van der Waals surface area contributed by atoms with Gasteiger partial charge < -0.3 is 14.1 Å². The summed E-state index contributed by atoms with van der Waals surface area (Å²) < 4.78 is 12.6. The van der Waals surface area contributed by atoms with Gasteiger partial charge >= 0.3 is 5.97 Å². The van der Waals surface area contributed by atoms with Crippen LogP contribution in [0.25, 0.3) is 5.88 Å². The van der Waals surface area contributed by atoms with Gasteiger partial charge in [0.15, 0.2) is 6.10 Å². The molecular weight excluding hydrogens is 370 g/mol. The molecule has 148 valence electrons. The Morgan fingerprint density at radius 3 is 2.48 bits per heavy atom. The van der Waals surface area contributed by atoms with Gasteiger partial charge in [0.05, 0.1) is 0 Å². The Morgan fingerprint density at radius 2 is 1.86 bits per heavy atom. The van der Waals surface area contributed by atoms with Crippen molar-refractivity contribution >= 4 is 11.9 Å². The van der Waals surface area contributed by atoms with Crippen LogP contribution in [0.15, 0.2) is 59.3 Å². The van der Waals surface area contributed by atoms with E-state index in [0.29, 0.717) is 6.54 Å². The van der Waals surface area contributed by atoms with Gasteiger partial charge in [-0.15, -0.1) is 0 Å². The molecule has 0 bridgehead atoms. The summed E-state index contributed by atoms with van der Waals surface area (Å²) in [5, 5.41) is 9.55. The summed E-state index contributed by atoms with van der Waals surface area (Å²) >= 11 is 0. The van der Waals surface area contributed by atoms with Crippen LogP contribution in [0.1, 0.15) is 34.2 Å². The number of benzene rings is 1. The van der Waals surface area contributed by atoms with Gasteiger partial charge in [-0.3, -0.25) is 9.36 Å². The lowest BCUT2D eigenvalue weighted by atomic mass is 10.1. The second-order valence-electron chi connectivity index (χ2n) is 6.64. The first-order valence-electron chi connectivity index (χ1n) is 9.09. The maximum atomic E-state index is 12.7. The topological polar surface area (TPSA) is 88.5 Å². The van der Waals surface area contributed by atoms with E-state index in [-0.39, 0.29) is 28.7 Å². The van der Waals surface area contributed by atoms with Crippen LogP contribution in [0.2, 0.25) is 0 Å². The van der Waals surface area contributed by atoms with Crippen molar-refractivity contribution < 1.29 is 18.7 Å². The first-order chi connectivity index (χ1) is 13.9. The summed E-state index contributed by atoms with van der Waals surface area (Å²) in [6.45, 7) is 3.49. The van der Waals surface area contributed by atoms with Gasteiger partial charge in [-0.25, -0.2) is 4.79 Å². The van der Waals surface area contributed by atoms with Crippen LogP contribution in [-0.4, -0.2) is 34.5 Å². The lowest BCUT2D eigenvalue weighted by molar-refractivity contribution is -0.139. The number of rotatable bonds is 6. The molecule has 1 aromatic carbocycles. The number of likely N-dealkylation sites (N-methyl/N-ethyl adjacent to an activating group) is 1. The molecule has 3 aromatic rings. The Balaban J connectivity index is 1.74. The fraction of sp³-hybridized carbons (Fsp3) is 0.227. The van der Waals surface area contributed by atoms with Gasteiger partial charge in [-0.1, -0.05) is 30.3 Å². The van der Waals surface area contributed by atoms with Crippen LogP contribution in [0.5, 0.6) is 0 Å². The molecule has 7 nitrogen and oxygen atoms in total. The molecule has 29 heavy (non-hydrogen) atoms. The molecule has 7 heteroatoms. The minimum atomic E-state index is -1.01. The highest BCUT2D eigenvalue weighted by molar-refractivity contribution is 5.96. The molecule has 0 saturated carbocycles. The van der Waals surface area contributed by atoms with E-state index in [2.05, 4.69) is 0 Å². The van der Waals surface area contributed by atoms with Gasteiger partial charge in [0.2, 0.25) is 5.88 Å². The van der Waals surface area contributed by atoms with Crippen molar-refractivity contribution in [2.75, 3.05) is 7.05 Å². The Labute approximate surface area is 168 Å². The average molecular weight is 391 g/mol. The van der Waals surface area contributed by atoms with E-state index < -0.39 is 12.1 Å². The van der Waals surface area contributed by atoms with Crippen molar-refractivity contribution in [2.24, 2.45) is 0 Å². The number of hydrogen-bond acceptors (Lipinski definition) is 5. The normalized spacial score (nSPS) is 11.5. The van der Waals surface area contributed by atoms with Gasteiger partial charge in [-0.2, -0.15) is 5.26 Å². The van der Waals surface area contributed by atoms with Gasteiger partial charge in [0.1, 0.15) is 23.0 Å². The molecule has 1 atom stereocenters. The number of ether oxygens (including phenoxy) is 1. The SMILES string of the molecule is Cc1oc(-n2cccc2)c(C#N)c1C(=O)O[C@@H](C)C(=O)N(C)Cc1ccccc1. The Morgan fingerprint density at radius 1 is 1.21 bits per heavy atom. The molecule has 0 N–H and O–H groups in total. The average Bonchev–Trinajstić information content (AvgIpc) is 3.35. The third-order valence-electron chi connectivity index (χ3n) is 4.49. The minimum Gasteiger partial charge on any atom is -0.449 e. The number of hydrogen-bond donors (Lipinski definition) is 0. The Bertz CT molecular complexity index is 1050. The molecule has 0 radical (unpaired) electrons. The second-order valence-corrected chi connectivity index (χ2v) is 6.64. The number of nitrogens with zero attached hydrogens (tertiary/aromatic N) is 3. The summed E-state index contributed by atoms with van der Waals surface area (Å²) in [4.78, 5) is 26.8. The molecule has 0 unspecified atom stereocenters. The maximum Gasteiger partial charge on any atom is 0.343 e. The Hall–Kier alpha value is -3.79. The summed E-state index contributed by atoms with van der Waals surface area (Å²) in [5.74, 6) is -0.614. The number of amides is 1. The fourth-order valence-corrected chi connectivity index (χ4v) is 3.05. The number of aromatic nitrogens is 1. The van der Waals surface area contributed by atoms with Crippen molar-refractivity contribution in [1.82, 2.24) is 9.47 Å². The van der Waals surface area contributed by atoms with E-state index in [9.17, 15) is 14.9 Å². The number of carbonyl (C=O) groups is 2. The zero-order valence-electron chi connectivity index (χ0n) is 16.5. The van der Waals surface area contributed by atoms with Crippen molar-refractivity contribution in [1.29, 1.82) is 5.26 Å². The summed E-state index contributed by atoms with van der Waals surface area (Å²) in [6.07, 6.45) is 2.41. The number of furan rings is 1. The molecule has 0 aliphatic rings. The number of carbonyl (C=O) groups excluding carboxylic acids is 2. The zero-order chi connectivity index (χ0) is 21.0. The largest absolute Gasteiger partial charge is 0.449 e. The second kappa shape index (κ2) is 8.48. The molecule has 0 spiro atoms. The van der Waals surface area contributed by atoms with Gasteiger partial charge in [0.25, 0.3) is 5.91 Å². The number of aryl methyl sites for hydroxylation is 1. The third-order valence-corrected chi connectivity index (χ3v) is 4.49. The van der Waals surface area contributed by atoms with Crippen molar-refractivity contribution in [2.45, 2.75) is 26.5 Å². The standard InChI is InChI=1S/C22H21N3O4/c1-15-19(18(13-23)21(28-15)25-11-7-8-12-25)22(27)29-16(2)20(26)24(3)14-17-9-5-4-6-10-17/h4-12,16H,14H2,1-3H3/t16-/m0/s1. The summed E-state index contributed by atoms with van der Waals surface area (Å²) in [5.41, 5.74) is 1.07. The number of nitriles is 1. The lowest BCUT2D eigenvalue weighted by Gasteiger charge is -2.21. The quantitative estimate of drug-likeness (QED) is 0.601. The Kier molecular flexibility index (Phi) is 5.84. The van der Waals surface area contributed by atoms with E-state index in [1.807, 2.05) is 36.4 Å². The molecule has 2 aromatic heterocycles. The van der Waals surface area contributed by atoms with Crippen LogP contribution < -0.4 is 0 Å². The molecule has 1 amide bonds. The van der Waals surface area contributed by atoms with Crippen molar-refractivity contribution in [3.63, 3.8) is 0 Å². The highest BCUT2D eigenvalue weighted by atomic mass is 16.5. The van der Waals surface area contributed by atoms with Crippen LogP contribution in [0.3, 0.4) is 0 Å². The van der Waals surface area contributed by atoms with E-state index in [0.717, 1.165) is 5.56 Å². The monoisotopic (exact) mass is 391 g/mol. The van der Waals surface area contributed by atoms with E-state index in [1.54, 1.807) is 43.1 Å². The van der Waals surface area contributed by atoms with Crippen LogP contribution in [0.4, 0.5) is 0 Å². The summed E-state index contributed by atoms with van der Waals surface area (Å²) in [7, 11) is 1.65. The van der Waals surface area contributed by atoms with E-state index in [4.69, 9.17) is 9.15 Å². The molecule has 0 fully saturated rings. The third kappa shape index (κ3) is 4.22. The molecule has 2 heterocycles. The molecule has 0 saturated heterocycles. The highest BCUT2D eigenvalue weighted by Gasteiger charge is 2.29. The van der Waals surface area contributed by atoms with Gasteiger partial charge in [0, 0.05) is 26.0 Å². The maximum absolute atomic E-state index is 12.7. The first-order valence-corrected chi connectivity index (χ1v) is 9.09. The predicted molar refractivity (Wildman–Crippen MR) is 105 cm³/mol. The first kappa shape index (κ1) is 20.0. The molecule has 0 aliphatic carbocycles. The molecule has 0 aliphatic heterocycles. The lowest BCUT2D eigenvalue weighted by Crippen LogP contribution is -2.37. The van der Waals surface area contributed by atoms with Crippen molar-refractivity contribution in [3.8, 4) is 12.0 Å². The minimum absolute atomic E-state index is 0.0292. The highest BCUT2D eigenvalue weighted by Crippen LogP contribution is 2.26. The predicted octanol–water partition coefficient (Wildman–Crippen LogP) is 3.45. The van der Waals surface area contributed by atoms with Gasteiger partial charge in [-0.05, 0) is 31.5 Å². The smallest absolute Gasteiger partial charge is 0.343 e. The van der Waals surface area contributed by atoms with Crippen LogP contribution >= 0.6 is 0 Å². The summed E-state index contributed by atoms with van der Waals surface area (Å²) in [6, 6.07) is 15.1. The number of esters is 1. The molecular formula is C22H21N3O4.